The van der Waals surface area contributed by atoms with Crippen molar-refractivity contribution in [3.8, 4) is 0 Å². The molecule has 0 aromatic heterocycles. The lowest BCUT2D eigenvalue weighted by Crippen LogP contribution is -2.35. The van der Waals surface area contributed by atoms with Crippen molar-refractivity contribution in [1.82, 2.24) is 4.72 Å². The number of nitro groups is 1. The molecule has 0 amide bonds. The molecule has 0 fully saturated rings. The van der Waals surface area contributed by atoms with Crippen LogP contribution in [0.15, 0.2) is 47.4 Å². The fourth-order valence-electron chi connectivity index (χ4n) is 2.27. The average molecular weight is 385 g/mol. The Morgan fingerprint density at radius 1 is 1.19 bits per heavy atom. The summed E-state index contributed by atoms with van der Waals surface area (Å²) < 4.78 is 53.3. The van der Waals surface area contributed by atoms with Gasteiger partial charge in [-0.2, -0.15) is 0 Å². The second-order valence-electron chi connectivity index (χ2n) is 5.14. The summed E-state index contributed by atoms with van der Waals surface area (Å²) in [7, 11) is -4.65. The van der Waals surface area contributed by atoms with Crippen LogP contribution < -0.4 is 9.83 Å². The lowest BCUT2D eigenvalue weighted by atomic mass is 10.0. The number of nitrogens with one attached hydrogen (secondary N) is 1. The Labute approximate surface area is 146 Å². The maximum absolute atomic E-state index is 13.8. The summed E-state index contributed by atoms with van der Waals surface area (Å²) in [5.74, 6) is -4.09. The summed E-state index contributed by atoms with van der Waals surface area (Å²) in [6, 6.07) is 4.98. The van der Waals surface area contributed by atoms with Crippen LogP contribution in [-0.2, 0) is 14.8 Å². The molecule has 1 N–H and O–H groups in total. The lowest BCUT2D eigenvalue weighted by Gasteiger charge is -2.20. The minimum atomic E-state index is -4.65. The van der Waals surface area contributed by atoms with Crippen molar-refractivity contribution in [2.75, 3.05) is 0 Å². The summed E-state index contributed by atoms with van der Waals surface area (Å²) in [4.78, 5) is 20.3. The van der Waals surface area contributed by atoms with Crippen LogP contribution >= 0.6 is 0 Å². The summed E-state index contributed by atoms with van der Waals surface area (Å²) in [5, 5.41) is 22.1. The van der Waals surface area contributed by atoms with Gasteiger partial charge in [-0.15, -0.1) is 0 Å². The minimum absolute atomic E-state index is 0.243. The highest BCUT2D eigenvalue weighted by molar-refractivity contribution is 7.89. The number of carbonyl (C=O) groups excluding carboxylic acids is 1. The summed E-state index contributed by atoms with van der Waals surface area (Å²) >= 11 is 0. The Morgan fingerprint density at radius 2 is 1.85 bits per heavy atom. The fraction of sp³-hybridized carbons (Fsp3) is 0.133. The number of halogens is 2. The minimum Gasteiger partial charge on any atom is -0.550 e. The zero-order chi connectivity index (χ0) is 19.5. The van der Waals surface area contributed by atoms with E-state index in [9.17, 15) is 37.2 Å². The Kier molecular flexibility index (Phi) is 5.63. The second-order valence-corrected chi connectivity index (χ2v) is 6.82. The number of carbonyl (C=O) groups is 1. The van der Waals surface area contributed by atoms with Crippen LogP contribution in [0.3, 0.4) is 0 Å². The van der Waals surface area contributed by atoms with E-state index in [4.69, 9.17) is 0 Å². The predicted octanol–water partition coefficient (Wildman–Crippen LogP) is 1.03. The van der Waals surface area contributed by atoms with E-state index in [2.05, 4.69) is 0 Å². The van der Waals surface area contributed by atoms with Gasteiger partial charge >= 0.3 is 0 Å². The number of nitro benzene ring substituents is 1. The molecule has 2 aromatic carbocycles. The SMILES string of the molecule is O=C([O-])C[C@H](NS(=O)(=O)c1ccc(F)cc1F)c1ccccc1[N+](=O)[O-]. The van der Waals surface area contributed by atoms with E-state index in [-0.39, 0.29) is 5.56 Å². The highest BCUT2D eigenvalue weighted by Gasteiger charge is 2.28. The van der Waals surface area contributed by atoms with Crippen molar-refractivity contribution in [1.29, 1.82) is 0 Å². The predicted molar refractivity (Wildman–Crippen MR) is 82.1 cm³/mol. The molecule has 0 unspecified atom stereocenters. The number of para-hydroxylation sites is 1. The van der Waals surface area contributed by atoms with Crippen molar-refractivity contribution in [3.63, 3.8) is 0 Å². The molecule has 138 valence electrons. The fourth-order valence-corrected chi connectivity index (χ4v) is 3.55. The number of hydrogen-bond donors (Lipinski definition) is 1. The smallest absolute Gasteiger partial charge is 0.274 e. The van der Waals surface area contributed by atoms with E-state index in [0.29, 0.717) is 18.2 Å². The largest absolute Gasteiger partial charge is 0.550 e. The zero-order valence-electron chi connectivity index (χ0n) is 12.9. The molecule has 2 aromatic rings. The Bertz CT molecular complexity index is 964. The standard InChI is InChI=1S/C15H12F2N2O6S/c16-9-5-6-14(11(17)7-9)26(24,25)18-12(8-15(20)21)10-3-1-2-4-13(10)19(22)23/h1-7,12,18H,8H2,(H,20,21)/p-1/t12-/m0/s1. The Hall–Kier alpha value is -2.92. The van der Waals surface area contributed by atoms with Gasteiger partial charge in [0.15, 0.2) is 0 Å². The van der Waals surface area contributed by atoms with Crippen LogP contribution in [0.4, 0.5) is 14.5 Å². The molecule has 0 spiro atoms. The van der Waals surface area contributed by atoms with Gasteiger partial charge in [-0.1, -0.05) is 18.2 Å². The van der Waals surface area contributed by atoms with Gasteiger partial charge < -0.3 is 9.90 Å². The van der Waals surface area contributed by atoms with Crippen molar-refractivity contribution < 1.29 is 32.0 Å². The van der Waals surface area contributed by atoms with Crippen LogP contribution in [0.1, 0.15) is 18.0 Å². The van der Waals surface area contributed by atoms with E-state index in [1.165, 1.54) is 12.1 Å². The molecule has 0 aliphatic rings. The molecule has 0 saturated heterocycles. The molecule has 11 heteroatoms. The number of sulfonamides is 1. The maximum Gasteiger partial charge on any atom is 0.274 e. The van der Waals surface area contributed by atoms with Gasteiger partial charge in [0.1, 0.15) is 16.5 Å². The molecule has 1 atom stereocenters. The Morgan fingerprint density at radius 3 is 2.42 bits per heavy atom. The molecule has 0 radical (unpaired) electrons. The summed E-state index contributed by atoms with van der Waals surface area (Å²) in [6.07, 6.45) is -0.938. The lowest BCUT2D eigenvalue weighted by molar-refractivity contribution is -0.385. The number of rotatable bonds is 7. The van der Waals surface area contributed by atoms with E-state index in [0.717, 1.165) is 12.1 Å². The monoisotopic (exact) mass is 385 g/mol. The molecule has 0 bridgehead atoms. The Balaban J connectivity index is 2.49. The van der Waals surface area contributed by atoms with E-state index in [1.807, 2.05) is 4.72 Å². The van der Waals surface area contributed by atoms with Crippen molar-refractivity contribution in [3.05, 3.63) is 69.8 Å². The van der Waals surface area contributed by atoms with Crippen molar-refractivity contribution >= 4 is 21.7 Å². The third-order valence-corrected chi connectivity index (χ3v) is 4.87. The van der Waals surface area contributed by atoms with Gasteiger partial charge in [0.2, 0.25) is 10.0 Å². The number of carboxylic acids is 1. The second kappa shape index (κ2) is 7.54. The van der Waals surface area contributed by atoms with Gasteiger partial charge in [0.05, 0.1) is 11.0 Å². The van der Waals surface area contributed by atoms with Crippen LogP contribution in [0, 0.1) is 21.7 Å². The number of hydrogen-bond acceptors (Lipinski definition) is 6. The van der Waals surface area contributed by atoms with Crippen LogP contribution in [0.5, 0.6) is 0 Å². The number of nitrogens with zero attached hydrogens (tertiary/aromatic N) is 1. The van der Waals surface area contributed by atoms with Gasteiger partial charge in [-0.25, -0.2) is 21.9 Å². The average Bonchev–Trinajstić information content (AvgIpc) is 2.53. The van der Waals surface area contributed by atoms with Crippen LogP contribution in [0.25, 0.3) is 0 Å². The number of carboxylic acid groups (broad SMARTS) is 1. The van der Waals surface area contributed by atoms with Crippen LogP contribution in [0.2, 0.25) is 0 Å². The highest BCUT2D eigenvalue weighted by Crippen LogP contribution is 2.29. The van der Waals surface area contributed by atoms with E-state index >= 15 is 0 Å². The summed E-state index contributed by atoms with van der Waals surface area (Å²) in [6.45, 7) is 0. The molecular weight excluding hydrogens is 374 g/mol. The molecule has 0 saturated carbocycles. The molecule has 0 aliphatic carbocycles. The normalized spacial score (nSPS) is 12.5. The first kappa shape index (κ1) is 19.4. The van der Waals surface area contributed by atoms with E-state index < -0.39 is 55.6 Å². The molecule has 8 nitrogen and oxygen atoms in total. The van der Waals surface area contributed by atoms with Crippen LogP contribution in [-0.4, -0.2) is 19.3 Å². The first-order chi connectivity index (χ1) is 12.1. The quantitative estimate of drug-likeness (QED) is 0.560. The molecule has 0 aliphatic heterocycles. The summed E-state index contributed by atoms with van der Waals surface area (Å²) in [5.41, 5.74) is -0.770. The molecule has 2 rings (SSSR count). The third kappa shape index (κ3) is 4.37. The first-order valence-electron chi connectivity index (χ1n) is 7.02. The van der Waals surface area contributed by atoms with Gasteiger partial charge in [0.25, 0.3) is 5.69 Å². The number of aliphatic carboxylic acids is 1. The molecule has 26 heavy (non-hydrogen) atoms. The first-order valence-corrected chi connectivity index (χ1v) is 8.50. The third-order valence-electron chi connectivity index (χ3n) is 3.36. The van der Waals surface area contributed by atoms with Gasteiger partial charge in [-0.05, 0) is 12.1 Å². The highest BCUT2D eigenvalue weighted by atomic mass is 32.2. The van der Waals surface area contributed by atoms with E-state index in [1.54, 1.807) is 0 Å². The molecular formula is C15H11F2N2O6S-. The van der Waals surface area contributed by atoms with Crippen molar-refractivity contribution in [2.24, 2.45) is 0 Å². The van der Waals surface area contributed by atoms with Crippen molar-refractivity contribution in [2.45, 2.75) is 17.4 Å². The van der Waals surface area contributed by atoms with Gasteiger partial charge in [-0.3, -0.25) is 10.1 Å². The zero-order valence-corrected chi connectivity index (χ0v) is 13.7. The van der Waals surface area contributed by atoms with Gasteiger partial charge in [0, 0.05) is 30.1 Å². The molecule has 0 heterocycles. The maximum atomic E-state index is 13.8. The number of benzene rings is 2. The topological polar surface area (TPSA) is 129 Å².